The minimum atomic E-state index is 0.0882. The number of nitrogens with zero attached hydrogens (tertiary/aromatic N) is 2. The summed E-state index contributed by atoms with van der Waals surface area (Å²) in [5.41, 5.74) is 0.944. The molecule has 3 heterocycles. The lowest BCUT2D eigenvalue weighted by Crippen LogP contribution is -2.42. The molecule has 1 aromatic carbocycles. The smallest absolute Gasteiger partial charge is 0.265 e. The van der Waals surface area contributed by atoms with Crippen molar-refractivity contribution in [3.8, 4) is 22.1 Å². The highest BCUT2D eigenvalue weighted by Gasteiger charge is 2.25. The molecule has 2 aliphatic heterocycles. The monoisotopic (exact) mass is 359 g/mol. The molecule has 6 nitrogen and oxygen atoms in total. The van der Waals surface area contributed by atoms with E-state index in [1.54, 1.807) is 6.20 Å². The molecule has 2 aromatic rings. The van der Waals surface area contributed by atoms with Gasteiger partial charge in [-0.25, -0.2) is 4.98 Å². The first-order valence-electron chi connectivity index (χ1n) is 8.54. The van der Waals surface area contributed by atoms with Gasteiger partial charge < -0.3 is 19.7 Å². The predicted octanol–water partition coefficient (Wildman–Crippen LogP) is 2.61. The van der Waals surface area contributed by atoms with E-state index < -0.39 is 0 Å². The van der Waals surface area contributed by atoms with Gasteiger partial charge in [-0.05, 0) is 50.6 Å². The Labute approximate surface area is 150 Å². The van der Waals surface area contributed by atoms with Gasteiger partial charge in [0.05, 0.1) is 6.20 Å². The fourth-order valence-corrected chi connectivity index (χ4v) is 4.28. The number of nitrogens with one attached hydrogen (secondary N) is 1. The minimum absolute atomic E-state index is 0.0882. The fourth-order valence-electron chi connectivity index (χ4n) is 3.40. The highest BCUT2D eigenvalue weighted by molar-refractivity contribution is 7.16. The zero-order valence-corrected chi connectivity index (χ0v) is 15.0. The molecule has 1 amide bonds. The first-order valence-corrected chi connectivity index (χ1v) is 9.36. The van der Waals surface area contributed by atoms with E-state index in [4.69, 9.17) is 9.47 Å². The molecule has 1 atom stereocenters. The van der Waals surface area contributed by atoms with Crippen LogP contribution in [0.25, 0.3) is 10.6 Å². The van der Waals surface area contributed by atoms with E-state index in [-0.39, 0.29) is 12.7 Å². The molecule has 7 heteroatoms. The van der Waals surface area contributed by atoms with Crippen molar-refractivity contribution in [1.29, 1.82) is 0 Å². The Morgan fingerprint density at radius 3 is 3.16 bits per heavy atom. The SMILES string of the molecule is CNCC1CCCN(C(=O)c2cnc(-c3ccc4c(c3)OCO4)s2)C1. The molecule has 1 fully saturated rings. The average Bonchev–Trinajstić information content (AvgIpc) is 3.30. The van der Waals surface area contributed by atoms with E-state index in [0.717, 1.165) is 48.1 Å². The Kier molecular flexibility index (Phi) is 4.59. The van der Waals surface area contributed by atoms with Crippen molar-refractivity contribution in [2.45, 2.75) is 12.8 Å². The van der Waals surface area contributed by atoms with Gasteiger partial charge in [-0.2, -0.15) is 0 Å². The quantitative estimate of drug-likeness (QED) is 0.909. The molecule has 1 unspecified atom stereocenters. The summed E-state index contributed by atoms with van der Waals surface area (Å²) in [6.45, 7) is 2.85. The molecule has 1 saturated heterocycles. The van der Waals surface area contributed by atoms with Crippen LogP contribution in [0.4, 0.5) is 0 Å². The highest BCUT2D eigenvalue weighted by Crippen LogP contribution is 2.37. The van der Waals surface area contributed by atoms with E-state index >= 15 is 0 Å². The molecule has 1 N–H and O–H groups in total. The van der Waals surface area contributed by atoms with Gasteiger partial charge in [-0.1, -0.05) is 0 Å². The van der Waals surface area contributed by atoms with E-state index in [1.165, 1.54) is 17.8 Å². The summed E-state index contributed by atoms with van der Waals surface area (Å²) in [6, 6.07) is 5.75. The molecular weight excluding hydrogens is 338 g/mol. The summed E-state index contributed by atoms with van der Waals surface area (Å²) in [7, 11) is 1.96. The van der Waals surface area contributed by atoms with Gasteiger partial charge >= 0.3 is 0 Å². The molecule has 0 saturated carbocycles. The maximum atomic E-state index is 12.8. The number of carbonyl (C=O) groups is 1. The summed E-state index contributed by atoms with van der Waals surface area (Å²) in [5, 5.41) is 4.04. The third kappa shape index (κ3) is 3.34. The normalized spacial score (nSPS) is 19.2. The van der Waals surface area contributed by atoms with Gasteiger partial charge in [-0.15, -0.1) is 11.3 Å². The van der Waals surface area contributed by atoms with Crippen molar-refractivity contribution in [2.75, 3.05) is 33.5 Å². The van der Waals surface area contributed by atoms with Crippen LogP contribution >= 0.6 is 11.3 Å². The van der Waals surface area contributed by atoms with Crippen LogP contribution in [0.2, 0.25) is 0 Å². The van der Waals surface area contributed by atoms with Gasteiger partial charge in [0.1, 0.15) is 9.88 Å². The average molecular weight is 359 g/mol. The van der Waals surface area contributed by atoms with Crippen LogP contribution in [0.3, 0.4) is 0 Å². The number of piperidine rings is 1. The lowest BCUT2D eigenvalue weighted by Gasteiger charge is -2.32. The molecule has 0 aliphatic carbocycles. The Morgan fingerprint density at radius 1 is 1.40 bits per heavy atom. The van der Waals surface area contributed by atoms with E-state index in [0.29, 0.717) is 10.8 Å². The summed E-state index contributed by atoms with van der Waals surface area (Å²) < 4.78 is 10.8. The van der Waals surface area contributed by atoms with Crippen LogP contribution in [0.5, 0.6) is 11.5 Å². The van der Waals surface area contributed by atoms with Crippen molar-refractivity contribution in [3.05, 3.63) is 29.3 Å². The third-order valence-electron chi connectivity index (χ3n) is 4.63. The van der Waals surface area contributed by atoms with Crippen molar-refractivity contribution in [2.24, 2.45) is 5.92 Å². The second kappa shape index (κ2) is 7.01. The van der Waals surface area contributed by atoms with Crippen LogP contribution < -0.4 is 14.8 Å². The van der Waals surface area contributed by atoms with Gasteiger partial charge in [0.25, 0.3) is 5.91 Å². The lowest BCUT2D eigenvalue weighted by molar-refractivity contribution is 0.0679. The summed E-state index contributed by atoms with van der Waals surface area (Å²) in [5.74, 6) is 2.10. The maximum absolute atomic E-state index is 12.8. The first-order chi connectivity index (χ1) is 12.2. The number of likely N-dealkylation sites (tertiary alicyclic amines) is 1. The fraction of sp³-hybridized carbons (Fsp3) is 0.444. The standard InChI is InChI=1S/C18H21N3O3S/c1-19-8-12-3-2-6-21(10-12)18(22)16-9-20-17(25-16)13-4-5-14-15(7-13)24-11-23-14/h4-5,7,9,12,19H,2-3,6,8,10-11H2,1H3. The summed E-state index contributed by atoms with van der Waals surface area (Å²) in [6.07, 6.45) is 3.93. The van der Waals surface area contributed by atoms with Crippen molar-refractivity contribution in [3.63, 3.8) is 0 Å². The summed E-state index contributed by atoms with van der Waals surface area (Å²) in [4.78, 5) is 19.9. The minimum Gasteiger partial charge on any atom is -0.454 e. The molecule has 2 aliphatic rings. The third-order valence-corrected chi connectivity index (χ3v) is 5.67. The molecule has 0 bridgehead atoms. The Bertz CT molecular complexity index is 775. The van der Waals surface area contributed by atoms with Gasteiger partial charge in [0.2, 0.25) is 6.79 Å². The Balaban J connectivity index is 1.50. The van der Waals surface area contributed by atoms with Crippen LogP contribution in [0.15, 0.2) is 24.4 Å². The van der Waals surface area contributed by atoms with Crippen molar-refractivity contribution >= 4 is 17.2 Å². The number of hydrogen-bond donors (Lipinski definition) is 1. The predicted molar refractivity (Wildman–Crippen MR) is 96.2 cm³/mol. The van der Waals surface area contributed by atoms with Crippen molar-refractivity contribution in [1.82, 2.24) is 15.2 Å². The summed E-state index contributed by atoms with van der Waals surface area (Å²) >= 11 is 1.43. The molecule has 1 aromatic heterocycles. The van der Waals surface area contributed by atoms with Crippen LogP contribution in [0, 0.1) is 5.92 Å². The Hall–Kier alpha value is -2.12. The van der Waals surface area contributed by atoms with Crippen LogP contribution in [-0.2, 0) is 0 Å². The van der Waals surface area contributed by atoms with E-state index in [2.05, 4.69) is 10.3 Å². The second-order valence-corrected chi connectivity index (χ2v) is 7.45. The molecule has 132 valence electrons. The number of amides is 1. The number of ether oxygens (including phenoxy) is 2. The second-order valence-electron chi connectivity index (χ2n) is 6.41. The van der Waals surface area contributed by atoms with Crippen LogP contribution in [0.1, 0.15) is 22.5 Å². The van der Waals surface area contributed by atoms with Gasteiger partial charge in [-0.3, -0.25) is 4.79 Å². The van der Waals surface area contributed by atoms with Crippen LogP contribution in [-0.4, -0.2) is 49.3 Å². The Morgan fingerprint density at radius 2 is 2.28 bits per heavy atom. The molecule has 0 radical (unpaired) electrons. The van der Waals surface area contributed by atoms with Crippen molar-refractivity contribution < 1.29 is 14.3 Å². The maximum Gasteiger partial charge on any atom is 0.265 e. The van der Waals surface area contributed by atoms with Gasteiger partial charge in [0.15, 0.2) is 11.5 Å². The zero-order chi connectivity index (χ0) is 17.2. The number of thiazole rings is 1. The lowest BCUT2D eigenvalue weighted by atomic mass is 9.98. The van der Waals surface area contributed by atoms with Gasteiger partial charge in [0, 0.05) is 18.7 Å². The number of hydrogen-bond acceptors (Lipinski definition) is 6. The number of fused-ring (bicyclic) bond motifs is 1. The molecule has 0 spiro atoms. The van der Waals surface area contributed by atoms with E-state index in [9.17, 15) is 4.79 Å². The number of benzene rings is 1. The highest BCUT2D eigenvalue weighted by atomic mass is 32.1. The molecule has 25 heavy (non-hydrogen) atoms. The molecule has 4 rings (SSSR count). The zero-order valence-electron chi connectivity index (χ0n) is 14.2. The largest absolute Gasteiger partial charge is 0.454 e. The topological polar surface area (TPSA) is 63.7 Å². The first kappa shape index (κ1) is 16.4. The number of rotatable bonds is 4. The van der Waals surface area contributed by atoms with E-state index in [1.807, 2.05) is 30.1 Å². The number of carbonyl (C=O) groups excluding carboxylic acids is 1. The number of aromatic nitrogens is 1. The molecular formula is C18H21N3O3S.